The lowest BCUT2D eigenvalue weighted by Gasteiger charge is -2.27. The fraction of sp³-hybridized carbons (Fsp3) is 0.857. The van der Waals surface area contributed by atoms with Crippen LogP contribution in [0.4, 0.5) is 0 Å². The second-order valence-corrected chi connectivity index (χ2v) is 9.65. The molecule has 0 aromatic rings. The van der Waals surface area contributed by atoms with E-state index in [0.29, 0.717) is 12.8 Å². The smallest absolute Gasteiger partial charge is 0.230 e. The number of carbonyl (C=O) groups is 2. The highest BCUT2D eigenvalue weighted by molar-refractivity contribution is 6.02. The number of nitrogens with zero attached hydrogens (tertiary/aromatic N) is 1. The highest BCUT2D eigenvalue weighted by Gasteiger charge is 2.35. The average molecular weight is 434 g/mol. The van der Waals surface area contributed by atoms with E-state index >= 15 is 0 Å². The molecule has 0 aromatic heterocycles. The summed E-state index contributed by atoms with van der Waals surface area (Å²) in [7, 11) is 0. The molecular weight excluding hydrogens is 382 g/mol. The van der Waals surface area contributed by atoms with Crippen molar-refractivity contribution in [1.29, 1.82) is 0 Å². The van der Waals surface area contributed by atoms with Crippen LogP contribution in [0.3, 0.4) is 0 Å². The van der Waals surface area contributed by atoms with E-state index < -0.39 is 0 Å². The van der Waals surface area contributed by atoms with Crippen LogP contribution in [-0.4, -0.2) is 22.8 Å². The Kier molecular flexibility index (Phi) is 16.6. The van der Waals surface area contributed by atoms with Crippen LogP contribution in [0.25, 0.3) is 0 Å². The number of carbonyl (C=O) groups excluding carboxylic acids is 2. The second-order valence-electron chi connectivity index (χ2n) is 9.65. The number of rotatable bonds is 20. The summed E-state index contributed by atoms with van der Waals surface area (Å²) in [4.78, 5) is 26.3. The topological polar surface area (TPSA) is 37.4 Å². The maximum Gasteiger partial charge on any atom is 0.230 e. The van der Waals surface area contributed by atoms with Gasteiger partial charge in [-0.25, -0.2) is 0 Å². The van der Waals surface area contributed by atoms with Gasteiger partial charge in [-0.05, 0) is 26.2 Å². The summed E-state index contributed by atoms with van der Waals surface area (Å²) < 4.78 is 0. The van der Waals surface area contributed by atoms with Crippen molar-refractivity contribution in [2.45, 2.75) is 155 Å². The molecule has 1 saturated heterocycles. The Balaban J connectivity index is 2.38. The van der Waals surface area contributed by atoms with E-state index in [1.165, 1.54) is 102 Å². The maximum absolute atomic E-state index is 12.4. The maximum atomic E-state index is 12.4. The Morgan fingerprint density at radius 2 is 1.13 bits per heavy atom. The molecule has 0 aromatic carbocycles. The predicted octanol–water partition coefficient (Wildman–Crippen LogP) is 8.51. The highest BCUT2D eigenvalue weighted by atomic mass is 16.2. The molecule has 1 atom stereocenters. The molecule has 1 heterocycles. The average Bonchev–Trinajstić information content (AvgIpc) is 3.09. The van der Waals surface area contributed by atoms with Crippen LogP contribution in [0.5, 0.6) is 0 Å². The lowest BCUT2D eigenvalue weighted by atomic mass is 9.97. The zero-order valence-electron chi connectivity index (χ0n) is 21.1. The summed E-state index contributed by atoms with van der Waals surface area (Å²) >= 11 is 0. The molecule has 3 heteroatoms. The van der Waals surface area contributed by atoms with Crippen molar-refractivity contribution < 1.29 is 9.59 Å². The number of allylic oxidation sites excluding steroid dienone is 1. The van der Waals surface area contributed by atoms with Crippen LogP contribution in [0.1, 0.15) is 149 Å². The lowest BCUT2D eigenvalue weighted by Crippen LogP contribution is -2.40. The standard InChI is InChI=1S/C28H51NO2/c1-4-6-8-10-12-14-15-17-19-21-25(3)26(29-27(30)23-24-28(29)31)22-20-18-16-13-11-9-7-5-2/h21,26H,4-20,22-24H2,1-3H3. The summed E-state index contributed by atoms with van der Waals surface area (Å²) in [5, 5.41) is 0. The minimum atomic E-state index is -0.00312. The van der Waals surface area contributed by atoms with E-state index in [1.54, 1.807) is 4.90 Å². The summed E-state index contributed by atoms with van der Waals surface area (Å²) in [5.41, 5.74) is 1.23. The zero-order chi connectivity index (χ0) is 22.7. The molecule has 180 valence electrons. The van der Waals surface area contributed by atoms with Gasteiger partial charge in [0.05, 0.1) is 6.04 Å². The minimum Gasteiger partial charge on any atom is -0.275 e. The number of hydrogen-bond donors (Lipinski definition) is 0. The van der Waals surface area contributed by atoms with Gasteiger partial charge in [0.25, 0.3) is 0 Å². The number of likely N-dealkylation sites (tertiary alicyclic amines) is 1. The second kappa shape index (κ2) is 18.5. The van der Waals surface area contributed by atoms with Crippen molar-refractivity contribution in [2.24, 2.45) is 0 Å². The molecule has 31 heavy (non-hydrogen) atoms. The third-order valence-corrected chi connectivity index (χ3v) is 6.78. The van der Waals surface area contributed by atoms with Crippen LogP contribution >= 0.6 is 0 Å². The van der Waals surface area contributed by atoms with E-state index in [1.807, 2.05) is 0 Å². The van der Waals surface area contributed by atoms with Gasteiger partial charge in [-0.15, -0.1) is 0 Å². The van der Waals surface area contributed by atoms with Crippen LogP contribution in [-0.2, 0) is 9.59 Å². The van der Waals surface area contributed by atoms with Crippen LogP contribution < -0.4 is 0 Å². The molecule has 0 radical (unpaired) electrons. The van der Waals surface area contributed by atoms with E-state index in [9.17, 15) is 9.59 Å². The molecule has 0 saturated carbocycles. The van der Waals surface area contributed by atoms with E-state index in [4.69, 9.17) is 0 Å². The first kappa shape index (κ1) is 27.9. The van der Waals surface area contributed by atoms with Crippen LogP contribution in [0, 0.1) is 0 Å². The van der Waals surface area contributed by atoms with Gasteiger partial charge in [0.15, 0.2) is 0 Å². The van der Waals surface area contributed by atoms with Crippen molar-refractivity contribution in [3.8, 4) is 0 Å². The van der Waals surface area contributed by atoms with Gasteiger partial charge in [-0.3, -0.25) is 14.5 Å². The molecule has 1 aliphatic heterocycles. The summed E-state index contributed by atoms with van der Waals surface area (Å²) in [5.74, 6) is 0.0730. The van der Waals surface area contributed by atoms with Gasteiger partial charge >= 0.3 is 0 Å². The van der Waals surface area contributed by atoms with Gasteiger partial charge in [0, 0.05) is 12.8 Å². The normalized spacial score (nSPS) is 15.8. The molecule has 1 rings (SSSR count). The van der Waals surface area contributed by atoms with Crippen molar-refractivity contribution in [2.75, 3.05) is 0 Å². The molecule has 1 fully saturated rings. The van der Waals surface area contributed by atoms with Crippen molar-refractivity contribution in [3.63, 3.8) is 0 Å². The van der Waals surface area contributed by atoms with Gasteiger partial charge in [0.2, 0.25) is 11.8 Å². The number of unbranched alkanes of at least 4 members (excludes halogenated alkanes) is 15. The van der Waals surface area contributed by atoms with Crippen molar-refractivity contribution in [1.82, 2.24) is 4.90 Å². The van der Waals surface area contributed by atoms with E-state index in [-0.39, 0.29) is 17.9 Å². The highest BCUT2D eigenvalue weighted by Crippen LogP contribution is 2.25. The third kappa shape index (κ3) is 12.5. The molecule has 0 bridgehead atoms. The molecule has 0 aliphatic carbocycles. The SMILES string of the molecule is CCCCCCCCCCC=C(C)C(CCCCCCCCCC)N1C(=O)CCC1=O. The molecule has 0 spiro atoms. The fourth-order valence-corrected chi connectivity index (χ4v) is 4.72. The van der Waals surface area contributed by atoms with Crippen LogP contribution in [0.15, 0.2) is 11.6 Å². The first-order chi connectivity index (χ1) is 15.1. The Labute approximate surface area is 193 Å². The van der Waals surface area contributed by atoms with Crippen LogP contribution in [0.2, 0.25) is 0 Å². The Morgan fingerprint density at radius 1 is 0.710 bits per heavy atom. The fourth-order valence-electron chi connectivity index (χ4n) is 4.72. The van der Waals surface area contributed by atoms with Crippen molar-refractivity contribution >= 4 is 11.8 Å². The van der Waals surface area contributed by atoms with Gasteiger partial charge in [-0.2, -0.15) is 0 Å². The monoisotopic (exact) mass is 433 g/mol. The van der Waals surface area contributed by atoms with E-state index in [0.717, 1.165) is 19.3 Å². The molecular formula is C28H51NO2. The number of amides is 2. The molecule has 0 N–H and O–H groups in total. The summed E-state index contributed by atoms with van der Waals surface area (Å²) in [6.07, 6.45) is 26.0. The Bertz CT molecular complexity index is 495. The first-order valence-electron chi connectivity index (χ1n) is 13.6. The van der Waals surface area contributed by atoms with Gasteiger partial charge in [-0.1, -0.05) is 122 Å². The largest absolute Gasteiger partial charge is 0.275 e. The quantitative estimate of drug-likeness (QED) is 0.110. The number of imide groups is 1. The lowest BCUT2D eigenvalue weighted by molar-refractivity contribution is -0.140. The molecule has 2 amide bonds. The number of hydrogen-bond acceptors (Lipinski definition) is 2. The Morgan fingerprint density at radius 3 is 1.61 bits per heavy atom. The van der Waals surface area contributed by atoms with Crippen molar-refractivity contribution in [3.05, 3.63) is 11.6 Å². The Hall–Kier alpha value is -1.12. The minimum absolute atomic E-state index is 0.00312. The summed E-state index contributed by atoms with van der Waals surface area (Å²) in [6.45, 7) is 6.66. The molecule has 1 aliphatic rings. The zero-order valence-corrected chi connectivity index (χ0v) is 21.1. The van der Waals surface area contributed by atoms with E-state index in [2.05, 4.69) is 26.8 Å². The first-order valence-corrected chi connectivity index (χ1v) is 13.6. The predicted molar refractivity (Wildman–Crippen MR) is 133 cm³/mol. The molecule has 3 nitrogen and oxygen atoms in total. The summed E-state index contributed by atoms with van der Waals surface area (Å²) in [6, 6.07) is -0.00312. The third-order valence-electron chi connectivity index (χ3n) is 6.78. The van der Waals surface area contributed by atoms with Gasteiger partial charge in [0.1, 0.15) is 0 Å². The van der Waals surface area contributed by atoms with Gasteiger partial charge < -0.3 is 0 Å². The molecule has 1 unspecified atom stereocenters.